The van der Waals surface area contributed by atoms with Gasteiger partial charge in [0.25, 0.3) is 0 Å². The molecule has 1 heterocycles. The smallest absolute Gasteiger partial charge is 0.200 e. The van der Waals surface area contributed by atoms with Gasteiger partial charge in [-0.3, -0.25) is 0 Å². The van der Waals surface area contributed by atoms with E-state index in [1.165, 1.54) is 38.9 Å². The Morgan fingerprint density at radius 1 is 0.564 bits per heavy atom. The monoisotopic (exact) mass is 836 g/mol. The van der Waals surface area contributed by atoms with Gasteiger partial charge in [-0.2, -0.15) is 11.4 Å². The molecule has 0 aliphatic heterocycles. The molecular weight excluding hydrogens is 787 g/mol. The molecule has 0 aliphatic carbocycles. The first-order valence-electron chi connectivity index (χ1n) is 17.5. The molecule has 0 bridgehead atoms. The molecule has 290 valence electrons. The summed E-state index contributed by atoms with van der Waals surface area (Å²) >= 11 is 2.04. The molecule has 0 radical (unpaired) electrons. The third kappa shape index (κ3) is 11.1. The van der Waals surface area contributed by atoms with E-state index in [4.69, 9.17) is 5.73 Å². The van der Waals surface area contributed by atoms with E-state index in [-0.39, 0.29) is 5.41 Å². The number of benzene rings is 5. The van der Waals surface area contributed by atoms with Crippen LogP contribution < -0.4 is 4.98 Å². The molecule has 5 aromatic carbocycles. The molecule has 2 N–H and O–H groups in total. The molecule has 6 aromatic rings. The molecular formula is C46H47F5MoN2O-2. The molecule has 9 heteroatoms. The van der Waals surface area contributed by atoms with E-state index >= 15 is 0 Å². The molecule has 0 amide bonds. The van der Waals surface area contributed by atoms with Gasteiger partial charge < -0.3 is 15.8 Å². The SMILES string of the molecule is CC(C)([CH]=[Mo])c1ccccc1.Cc1cc(C)c(-c2cccc(-c3c(C)cc(C)cc3C)c2O)c(C)c1.Cc1ccc(C)[n-]1.[NH-]c1c(F)c(F)c(F)c(F)c1F. The zero-order chi connectivity index (χ0) is 41.4. The number of nitrogens with one attached hydrogen (secondary N) is 1. The maximum absolute atomic E-state index is 12.2. The summed E-state index contributed by atoms with van der Waals surface area (Å²) in [6, 6.07) is 29.4. The van der Waals surface area contributed by atoms with Crippen LogP contribution in [0.15, 0.2) is 84.9 Å². The zero-order valence-corrected chi connectivity index (χ0v) is 34.9. The van der Waals surface area contributed by atoms with Crippen molar-refractivity contribution in [1.29, 1.82) is 0 Å². The number of rotatable bonds is 4. The van der Waals surface area contributed by atoms with E-state index in [1.807, 2.05) is 63.5 Å². The topological polar surface area (TPSA) is 58.1 Å². The van der Waals surface area contributed by atoms with Gasteiger partial charge in [0, 0.05) is 11.1 Å². The van der Waals surface area contributed by atoms with Crippen LogP contribution in [0.5, 0.6) is 5.75 Å². The van der Waals surface area contributed by atoms with Gasteiger partial charge in [-0.1, -0.05) is 85.3 Å². The van der Waals surface area contributed by atoms with Gasteiger partial charge in [0.2, 0.25) is 0 Å². The van der Waals surface area contributed by atoms with Gasteiger partial charge in [0.05, 0.1) is 0 Å². The molecule has 0 fully saturated rings. The van der Waals surface area contributed by atoms with Crippen LogP contribution in [-0.2, 0) is 24.8 Å². The van der Waals surface area contributed by atoms with Crippen molar-refractivity contribution < 1.29 is 46.4 Å². The molecule has 6 rings (SSSR count). The third-order valence-corrected chi connectivity index (χ3v) is 10.3. The summed E-state index contributed by atoms with van der Waals surface area (Å²) in [7, 11) is 0. The number of phenols is 1. The van der Waals surface area contributed by atoms with Crippen LogP contribution in [0.3, 0.4) is 0 Å². The van der Waals surface area contributed by atoms with E-state index < -0.39 is 34.8 Å². The van der Waals surface area contributed by atoms with Crippen molar-refractivity contribution in [2.45, 2.75) is 74.7 Å². The van der Waals surface area contributed by atoms with Crippen LogP contribution in [0.25, 0.3) is 28.0 Å². The van der Waals surface area contributed by atoms with E-state index in [0.717, 1.165) is 33.6 Å². The number of halogens is 5. The molecule has 0 saturated carbocycles. The minimum absolute atomic E-state index is 0.214. The maximum atomic E-state index is 12.2. The van der Waals surface area contributed by atoms with Crippen LogP contribution in [-0.4, -0.2) is 9.51 Å². The second-order valence-electron chi connectivity index (χ2n) is 14.1. The Balaban J connectivity index is 0.000000224. The van der Waals surface area contributed by atoms with Crippen molar-refractivity contribution in [1.82, 2.24) is 4.98 Å². The second kappa shape index (κ2) is 19.2. The van der Waals surface area contributed by atoms with E-state index in [9.17, 15) is 27.1 Å². The van der Waals surface area contributed by atoms with Crippen molar-refractivity contribution in [3.05, 3.63) is 170 Å². The fourth-order valence-electron chi connectivity index (χ4n) is 6.29. The van der Waals surface area contributed by atoms with Gasteiger partial charge in [0.15, 0.2) is 17.5 Å². The van der Waals surface area contributed by atoms with Gasteiger partial charge in [-0.05, 0) is 74.9 Å². The molecule has 55 heavy (non-hydrogen) atoms. The van der Waals surface area contributed by atoms with Gasteiger partial charge in [-0.15, -0.1) is 0 Å². The Bertz CT molecular complexity index is 2040. The quantitative estimate of drug-likeness (QED) is 0.0832. The van der Waals surface area contributed by atoms with Crippen LogP contribution in [0.4, 0.5) is 27.6 Å². The van der Waals surface area contributed by atoms with Crippen molar-refractivity contribution >= 4 is 10.1 Å². The van der Waals surface area contributed by atoms with Crippen molar-refractivity contribution in [3.63, 3.8) is 0 Å². The minimum atomic E-state index is -2.25. The first-order chi connectivity index (χ1) is 25.7. The van der Waals surface area contributed by atoms with Gasteiger partial charge in [0.1, 0.15) is 17.4 Å². The number of phenolic OH excluding ortho intramolecular Hbond substituents is 1. The van der Waals surface area contributed by atoms with Gasteiger partial charge in [-0.25, -0.2) is 22.0 Å². The Hall–Kier alpha value is -4.81. The summed E-state index contributed by atoms with van der Waals surface area (Å²) in [6.45, 7) is 21.1. The number of para-hydroxylation sites is 1. The number of nitrogens with zero attached hydrogens (tertiary/aromatic N) is 1. The fourth-order valence-corrected chi connectivity index (χ4v) is 6.63. The Morgan fingerprint density at radius 3 is 1.25 bits per heavy atom. The predicted molar refractivity (Wildman–Crippen MR) is 212 cm³/mol. The maximum Gasteiger partial charge on any atom is 0.200 e. The average molecular weight is 835 g/mol. The molecule has 0 saturated heterocycles. The molecule has 1 aromatic heterocycles. The minimum Gasteiger partial charge on any atom is -0.694 e. The standard InChI is InChI=1S/C24H26O.C10H12.C6HF5N.C6H8N.Mo/c1-14-10-16(3)22(17(4)11-14)20-8-7-9-21(24(20)25)23-18(5)12-15(2)13-19(23)6;1-10(2,3)9-7-5-4-6-8-9;7-1-2(8)4(10)6(12)5(11)3(1)9;1-5-3-4-6(2)7-5;/h7-13,25H,1-6H3;1,4-8H,2-3H3;12H;3-4H,1-2H3;/q;;2*-1;. The van der Waals surface area contributed by atoms with Gasteiger partial charge >= 0.3 is 78.9 Å². The second-order valence-corrected chi connectivity index (χ2v) is 14.7. The number of aromatic nitrogens is 1. The first-order valence-corrected chi connectivity index (χ1v) is 18.7. The molecule has 3 nitrogen and oxygen atoms in total. The summed E-state index contributed by atoms with van der Waals surface area (Å²) in [6.07, 6.45) is 0. The van der Waals surface area contributed by atoms with Crippen molar-refractivity contribution in [2.75, 3.05) is 0 Å². The summed E-state index contributed by atoms with van der Waals surface area (Å²) in [5.41, 5.74) is 20.0. The summed E-state index contributed by atoms with van der Waals surface area (Å²) in [5, 5.41) is 11.1. The summed E-state index contributed by atoms with van der Waals surface area (Å²) < 4.78 is 63.1. The molecule has 0 unspecified atom stereocenters. The van der Waals surface area contributed by atoms with Crippen LogP contribution in [0.2, 0.25) is 0 Å². The fraction of sp³-hybridized carbons (Fsp3) is 0.239. The van der Waals surface area contributed by atoms with E-state index in [0.29, 0.717) is 5.75 Å². The summed E-state index contributed by atoms with van der Waals surface area (Å²) in [4.78, 5) is 4.11. The largest absolute Gasteiger partial charge is 0.694 e. The van der Waals surface area contributed by atoms with E-state index in [2.05, 4.69) is 119 Å². The Morgan fingerprint density at radius 2 is 0.927 bits per heavy atom. The van der Waals surface area contributed by atoms with Crippen LogP contribution in [0.1, 0.15) is 64.2 Å². The van der Waals surface area contributed by atoms with Crippen LogP contribution >= 0.6 is 0 Å². The molecule has 0 atom stereocenters. The van der Waals surface area contributed by atoms with E-state index in [1.54, 1.807) is 0 Å². The zero-order valence-electron chi connectivity index (χ0n) is 32.9. The first kappa shape index (κ1) is 44.6. The molecule has 0 spiro atoms. The Kier molecular flexibility index (Phi) is 15.5. The number of aryl methyl sites for hydroxylation is 8. The van der Waals surface area contributed by atoms with Crippen molar-refractivity contribution in [3.8, 4) is 28.0 Å². The predicted octanol–water partition coefficient (Wildman–Crippen LogP) is 13.2. The number of hydrogen-bond acceptors (Lipinski definition) is 1. The number of aromatic hydroxyl groups is 1. The third-order valence-electron chi connectivity index (χ3n) is 8.87. The molecule has 0 aliphatic rings. The summed E-state index contributed by atoms with van der Waals surface area (Å²) in [5.74, 6) is -10.3. The van der Waals surface area contributed by atoms with Crippen LogP contribution in [0, 0.1) is 84.5 Å². The van der Waals surface area contributed by atoms with Crippen molar-refractivity contribution in [2.24, 2.45) is 0 Å². The Labute approximate surface area is 332 Å². The number of hydrogen-bond donors (Lipinski definition) is 1. The average Bonchev–Trinajstić information content (AvgIpc) is 3.52. The normalized spacial score (nSPS) is 10.7.